The highest BCUT2D eigenvalue weighted by atomic mass is 35.5. The molecule has 184 valence electrons. The molecule has 0 heterocycles. The summed E-state index contributed by atoms with van der Waals surface area (Å²) >= 11 is 0. The third-order valence-corrected chi connectivity index (χ3v) is 8.75. The number of halogens is 1. The molecule has 0 aliphatic carbocycles. The van der Waals surface area contributed by atoms with Crippen molar-refractivity contribution in [3.05, 3.63) is 0 Å². The molecule has 2 unspecified atom stereocenters. The van der Waals surface area contributed by atoms with Crippen molar-refractivity contribution in [3.63, 3.8) is 0 Å². The number of ether oxygens (including phenoxy) is 2. The van der Waals surface area contributed by atoms with E-state index in [1.807, 2.05) is 6.92 Å². The molecule has 0 aromatic heterocycles. The first-order valence-corrected chi connectivity index (χ1v) is 13.4. The zero-order chi connectivity index (χ0) is 22.2. The van der Waals surface area contributed by atoms with Gasteiger partial charge in [0.1, 0.15) is 0 Å². The maximum Gasteiger partial charge on any atom is 0.500 e. The largest absolute Gasteiger partial charge is 1.00 e. The van der Waals surface area contributed by atoms with E-state index in [-0.39, 0.29) is 24.9 Å². The Morgan fingerprint density at radius 2 is 1.27 bits per heavy atom. The van der Waals surface area contributed by atoms with E-state index in [1.54, 1.807) is 28.4 Å². The van der Waals surface area contributed by atoms with Crippen molar-refractivity contribution in [2.75, 3.05) is 49.1 Å². The van der Waals surface area contributed by atoms with Crippen LogP contribution in [0.4, 0.5) is 0 Å². The molecule has 6 nitrogen and oxygen atoms in total. The first kappa shape index (κ1) is 32.4. The summed E-state index contributed by atoms with van der Waals surface area (Å²) in [6, 6.07) is 0.808. The standard InChI is InChI=1S/C22H50NO5Si.ClH/c1-9-10-11-12-13-14-15-16-18-22(28-21(2)24-5)23(3,4)19-17-20-29(25-6,26-7)27-8;/h21-22H,9-20H2,1-8H3;1H/q+1;/p-1. The van der Waals surface area contributed by atoms with Crippen molar-refractivity contribution in [3.8, 4) is 0 Å². The third kappa shape index (κ3) is 13.6. The Morgan fingerprint density at radius 3 is 1.73 bits per heavy atom. The molecule has 30 heavy (non-hydrogen) atoms. The lowest BCUT2D eigenvalue weighted by Gasteiger charge is -2.39. The van der Waals surface area contributed by atoms with Gasteiger partial charge in [0.25, 0.3) is 0 Å². The molecule has 0 N–H and O–H groups in total. The second kappa shape index (κ2) is 18.8. The van der Waals surface area contributed by atoms with Crippen LogP contribution >= 0.6 is 0 Å². The highest BCUT2D eigenvalue weighted by Gasteiger charge is 2.39. The van der Waals surface area contributed by atoms with Crippen molar-refractivity contribution < 1.29 is 39.6 Å². The number of nitrogens with zero attached hydrogens (tertiary/aromatic N) is 1. The minimum Gasteiger partial charge on any atom is -1.00 e. The topological polar surface area (TPSA) is 46.2 Å². The summed E-state index contributed by atoms with van der Waals surface area (Å²) in [4.78, 5) is 0. The van der Waals surface area contributed by atoms with Gasteiger partial charge in [-0.05, 0) is 13.3 Å². The monoisotopic (exact) mass is 471 g/mol. The average Bonchev–Trinajstić information content (AvgIpc) is 2.72. The van der Waals surface area contributed by atoms with Crippen LogP contribution in [0.25, 0.3) is 0 Å². The molecule has 0 saturated heterocycles. The third-order valence-electron chi connectivity index (χ3n) is 5.92. The van der Waals surface area contributed by atoms with Gasteiger partial charge in [-0.3, -0.25) is 0 Å². The summed E-state index contributed by atoms with van der Waals surface area (Å²) in [5.74, 6) is 0. The van der Waals surface area contributed by atoms with Gasteiger partial charge in [-0.2, -0.15) is 0 Å². The smallest absolute Gasteiger partial charge is 0.500 e. The minimum absolute atomic E-state index is 0. The summed E-state index contributed by atoms with van der Waals surface area (Å²) < 4.78 is 29.1. The van der Waals surface area contributed by atoms with E-state index in [9.17, 15) is 0 Å². The van der Waals surface area contributed by atoms with Crippen LogP contribution in [0.5, 0.6) is 0 Å². The van der Waals surface area contributed by atoms with Gasteiger partial charge in [0.05, 0.1) is 20.6 Å². The molecule has 0 spiro atoms. The molecule has 2 atom stereocenters. The number of methoxy groups -OCH3 is 1. The molecular weight excluding hydrogens is 422 g/mol. The van der Waals surface area contributed by atoms with Gasteiger partial charge in [0.15, 0.2) is 12.5 Å². The summed E-state index contributed by atoms with van der Waals surface area (Å²) in [6.45, 7) is 5.21. The van der Waals surface area contributed by atoms with E-state index in [2.05, 4.69) is 21.0 Å². The number of hydrogen-bond acceptors (Lipinski definition) is 5. The first-order valence-electron chi connectivity index (χ1n) is 11.5. The summed E-state index contributed by atoms with van der Waals surface area (Å²) in [5.41, 5.74) is 0. The van der Waals surface area contributed by atoms with Crippen molar-refractivity contribution >= 4 is 8.80 Å². The van der Waals surface area contributed by atoms with E-state index in [1.165, 1.54) is 51.4 Å². The van der Waals surface area contributed by atoms with Crippen molar-refractivity contribution in [1.29, 1.82) is 0 Å². The van der Waals surface area contributed by atoms with E-state index in [0.29, 0.717) is 0 Å². The molecule has 0 aromatic carbocycles. The van der Waals surface area contributed by atoms with Crippen LogP contribution in [-0.4, -0.2) is 74.9 Å². The lowest BCUT2D eigenvalue weighted by atomic mass is 10.1. The predicted octanol–water partition coefficient (Wildman–Crippen LogP) is 2.20. The lowest BCUT2D eigenvalue weighted by molar-refractivity contribution is -0.940. The number of rotatable bonds is 20. The normalized spacial score (nSPS) is 14.4. The van der Waals surface area contributed by atoms with E-state index < -0.39 is 8.80 Å². The Kier molecular flexibility index (Phi) is 20.3. The molecule has 0 saturated carbocycles. The Balaban J connectivity index is 0. The molecule has 0 aliphatic rings. The van der Waals surface area contributed by atoms with Crippen LogP contribution in [0, 0.1) is 0 Å². The zero-order valence-corrected chi connectivity index (χ0v) is 22.8. The quantitative estimate of drug-likeness (QED) is 0.118. The Labute approximate surface area is 194 Å². The van der Waals surface area contributed by atoms with E-state index in [4.69, 9.17) is 22.8 Å². The number of quaternary nitrogens is 1. The van der Waals surface area contributed by atoms with Crippen LogP contribution < -0.4 is 12.4 Å². The highest BCUT2D eigenvalue weighted by molar-refractivity contribution is 6.60. The molecule has 0 radical (unpaired) electrons. The van der Waals surface area contributed by atoms with E-state index >= 15 is 0 Å². The molecule has 0 rings (SSSR count). The van der Waals surface area contributed by atoms with Crippen molar-refractivity contribution in [2.45, 2.75) is 96.6 Å². The van der Waals surface area contributed by atoms with Gasteiger partial charge in [-0.1, -0.05) is 51.9 Å². The molecule has 0 amide bonds. The fourth-order valence-corrected chi connectivity index (χ4v) is 5.42. The summed E-state index contributed by atoms with van der Waals surface area (Å²) in [5, 5.41) is 0. The number of unbranched alkanes of at least 4 members (excludes halogenated alkanes) is 7. The van der Waals surface area contributed by atoms with Gasteiger partial charge >= 0.3 is 8.80 Å². The predicted molar refractivity (Wildman–Crippen MR) is 122 cm³/mol. The molecule has 0 bridgehead atoms. The Hall–Kier alpha value is 0.267. The van der Waals surface area contributed by atoms with Gasteiger partial charge in [0.2, 0.25) is 0 Å². The Morgan fingerprint density at radius 1 is 0.767 bits per heavy atom. The first-order chi connectivity index (χ1) is 13.8. The fourth-order valence-electron chi connectivity index (χ4n) is 3.72. The van der Waals surface area contributed by atoms with Crippen LogP contribution in [0.3, 0.4) is 0 Å². The highest BCUT2D eigenvalue weighted by Crippen LogP contribution is 2.22. The second-order valence-corrected chi connectivity index (χ2v) is 11.6. The molecular formula is C22H50ClNO5Si. The van der Waals surface area contributed by atoms with Crippen LogP contribution in [0.1, 0.15) is 78.1 Å². The molecule has 0 aromatic rings. The molecule has 0 fully saturated rings. The van der Waals surface area contributed by atoms with Crippen LogP contribution in [0.15, 0.2) is 0 Å². The fraction of sp³-hybridized carbons (Fsp3) is 1.00. The summed E-state index contributed by atoms with van der Waals surface area (Å²) in [7, 11) is 8.70. The zero-order valence-electron chi connectivity index (χ0n) is 21.0. The molecule has 8 heteroatoms. The van der Waals surface area contributed by atoms with Crippen molar-refractivity contribution in [2.24, 2.45) is 0 Å². The maximum atomic E-state index is 6.25. The molecule has 0 aliphatic heterocycles. The average molecular weight is 472 g/mol. The van der Waals surface area contributed by atoms with Gasteiger partial charge in [-0.15, -0.1) is 0 Å². The lowest BCUT2D eigenvalue weighted by Crippen LogP contribution is -3.00. The van der Waals surface area contributed by atoms with Gasteiger partial charge in [0, 0.05) is 47.3 Å². The van der Waals surface area contributed by atoms with Crippen LogP contribution in [0.2, 0.25) is 6.04 Å². The van der Waals surface area contributed by atoms with Crippen molar-refractivity contribution in [1.82, 2.24) is 0 Å². The van der Waals surface area contributed by atoms with E-state index in [0.717, 1.165) is 29.9 Å². The minimum atomic E-state index is -2.52. The van der Waals surface area contributed by atoms with Gasteiger partial charge in [-0.25, -0.2) is 0 Å². The second-order valence-electron chi connectivity index (χ2n) is 8.56. The Bertz CT molecular complexity index is 378. The van der Waals surface area contributed by atoms with Gasteiger partial charge < -0.3 is 39.6 Å². The SMILES string of the molecule is CCCCCCCCCCC(OC(C)OC)[N+](C)(C)CCC[Si](OC)(OC)OC.[Cl-]. The maximum absolute atomic E-state index is 6.25. The number of hydrogen-bond donors (Lipinski definition) is 0. The van der Waals surface area contributed by atoms with Crippen LogP contribution in [-0.2, 0) is 22.8 Å². The summed E-state index contributed by atoms with van der Waals surface area (Å²) in [6.07, 6.45) is 12.5.